The number of hydrogen-bond acceptors (Lipinski definition) is 3. The third-order valence-corrected chi connectivity index (χ3v) is 5.75. The molecule has 0 radical (unpaired) electrons. The highest BCUT2D eigenvalue weighted by atomic mass is 32.2. The molecule has 0 aromatic heterocycles. The molecule has 0 aliphatic carbocycles. The smallest absolute Gasteiger partial charge is 0.190 e. The molecule has 0 amide bonds. The lowest BCUT2D eigenvalue weighted by molar-refractivity contribution is -0.109. The van der Waals surface area contributed by atoms with Crippen LogP contribution in [0.4, 0.5) is 0 Å². The molecule has 0 bridgehead atoms. The van der Waals surface area contributed by atoms with E-state index in [1.165, 1.54) is 18.7 Å². The number of carbonyl (C=O) groups excluding carboxylic acids is 1. The molecule has 0 saturated heterocycles. The van der Waals surface area contributed by atoms with E-state index in [2.05, 4.69) is 41.6 Å². The van der Waals surface area contributed by atoms with Crippen LogP contribution in [0.5, 0.6) is 0 Å². The monoisotopic (exact) mass is 477 g/mol. The molecule has 0 aliphatic heterocycles. The van der Waals surface area contributed by atoms with Crippen LogP contribution in [-0.2, 0) is 4.79 Å². The van der Waals surface area contributed by atoms with Gasteiger partial charge in [-0.05, 0) is 78.9 Å². The topological polar surface area (TPSA) is 40.9 Å². The molecule has 0 heterocycles. The highest BCUT2D eigenvalue weighted by Crippen LogP contribution is 2.18. The van der Waals surface area contributed by atoms with Gasteiger partial charge in [-0.15, -0.1) is 0 Å². The van der Waals surface area contributed by atoms with Crippen LogP contribution in [-0.4, -0.2) is 5.12 Å². The number of benzene rings is 4. The van der Waals surface area contributed by atoms with E-state index in [0.29, 0.717) is 11.1 Å². The molecule has 0 aliphatic rings. The van der Waals surface area contributed by atoms with Gasteiger partial charge in [0.1, 0.15) is 6.07 Å². The molecule has 4 aromatic rings. The van der Waals surface area contributed by atoms with Crippen LogP contribution < -0.4 is 0 Å². The van der Waals surface area contributed by atoms with Gasteiger partial charge in [0, 0.05) is 45.2 Å². The standard InChI is InChI=1S/C33H19NOS/c1-25(35)36-33-21-17-29(18-22-33)13-14-30-16-20-31(32(23-30)24-34)19-15-28-11-9-27(10-12-28)8-7-26-5-3-2-4-6-26/h2-6,9-12,16-18,20-23H,1H3. The highest BCUT2D eigenvalue weighted by Gasteiger charge is 2.01. The Kier molecular flexibility index (Phi) is 8.05. The van der Waals surface area contributed by atoms with Crippen LogP contribution >= 0.6 is 11.8 Å². The molecule has 3 heteroatoms. The molecule has 4 aromatic carbocycles. The lowest BCUT2D eigenvalue weighted by Gasteiger charge is -1.98. The molecule has 0 atom stereocenters. The van der Waals surface area contributed by atoms with Gasteiger partial charge in [0.05, 0.1) is 5.56 Å². The Labute approximate surface area is 216 Å². The predicted octanol–water partition coefficient (Wildman–Crippen LogP) is 6.40. The van der Waals surface area contributed by atoms with Crippen molar-refractivity contribution in [2.24, 2.45) is 0 Å². The zero-order chi connectivity index (χ0) is 25.2. The number of carbonyl (C=O) groups is 1. The zero-order valence-electron chi connectivity index (χ0n) is 19.5. The molecule has 0 unspecified atom stereocenters. The Bertz CT molecular complexity index is 1630. The Morgan fingerprint density at radius 3 is 1.61 bits per heavy atom. The first-order chi connectivity index (χ1) is 17.6. The number of thioether (sulfide) groups is 1. The third-order valence-electron chi connectivity index (χ3n) is 4.96. The van der Waals surface area contributed by atoms with Crippen molar-refractivity contribution in [3.05, 3.63) is 136 Å². The van der Waals surface area contributed by atoms with Gasteiger partial charge in [0.2, 0.25) is 0 Å². The predicted molar refractivity (Wildman–Crippen MR) is 145 cm³/mol. The minimum absolute atomic E-state index is 0.0474. The molecule has 168 valence electrons. The van der Waals surface area contributed by atoms with E-state index in [1.54, 1.807) is 6.07 Å². The molecule has 0 saturated carbocycles. The van der Waals surface area contributed by atoms with Gasteiger partial charge in [-0.25, -0.2) is 0 Å². The average Bonchev–Trinajstić information content (AvgIpc) is 2.91. The number of nitrogens with zero attached hydrogens (tertiary/aromatic N) is 1. The van der Waals surface area contributed by atoms with Crippen molar-refractivity contribution in [3.63, 3.8) is 0 Å². The lowest BCUT2D eigenvalue weighted by atomic mass is 10.0. The molecule has 4 rings (SSSR count). The van der Waals surface area contributed by atoms with Crippen molar-refractivity contribution < 1.29 is 4.79 Å². The quantitative estimate of drug-likeness (QED) is 0.235. The maximum Gasteiger partial charge on any atom is 0.190 e. The van der Waals surface area contributed by atoms with Gasteiger partial charge in [0.15, 0.2) is 5.12 Å². The van der Waals surface area contributed by atoms with Gasteiger partial charge in [-0.1, -0.05) is 65.5 Å². The summed E-state index contributed by atoms with van der Waals surface area (Å²) in [6.45, 7) is 1.54. The Hall–Kier alpha value is -4.93. The summed E-state index contributed by atoms with van der Waals surface area (Å²) in [6.07, 6.45) is 0. The third kappa shape index (κ3) is 7.03. The Morgan fingerprint density at radius 1 is 0.583 bits per heavy atom. The summed E-state index contributed by atoms with van der Waals surface area (Å²) >= 11 is 1.19. The van der Waals surface area contributed by atoms with Gasteiger partial charge >= 0.3 is 0 Å². The summed E-state index contributed by atoms with van der Waals surface area (Å²) < 4.78 is 0. The summed E-state index contributed by atoms with van der Waals surface area (Å²) in [5.74, 6) is 18.7. The number of hydrogen-bond donors (Lipinski definition) is 0. The van der Waals surface area contributed by atoms with Crippen LogP contribution in [0.2, 0.25) is 0 Å². The summed E-state index contributed by atoms with van der Waals surface area (Å²) in [4.78, 5) is 12.1. The highest BCUT2D eigenvalue weighted by molar-refractivity contribution is 8.13. The SMILES string of the molecule is CC(=O)Sc1ccc(C#Cc2ccc(C#Cc3ccc(C#Cc4ccccc4)cc3)c(C#N)c2)cc1. The number of nitriles is 1. The molecule has 0 spiro atoms. The van der Waals surface area contributed by atoms with E-state index in [0.717, 1.165) is 32.7 Å². The van der Waals surface area contributed by atoms with Crippen molar-refractivity contribution >= 4 is 16.9 Å². The fourth-order valence-corrected chi connectivity index (χ4v) is 3.79. The van der Waals surface area contributed by atoms with Crippen molar-refractivity contribution in [2.75, 3.05) is 0 Å². The lowest BCUT2D eigenvalue weighted by Crippen LogP contribution is -1.87. The normalized spacial score (nSPS) is 9.33. The first kappa shape index (κ1) is 24.2. The van der Waals surface area contributed by atoms with Crippen LogP contribution in [0.15, 0.2) is 102 Å². The zero-order valence-corrected chi connectivity index (χ0v) is 20.3. The first-order valence-electron chi connectivity index (χ1n) is 11.1. The second-order valence-electron chi connectivity index (χ2n) is 7.68. The number of rotatable bonds is 1. The van der Waals surface area contributed by atoms with E-state index >= 15 is 0 Å². The van der Waals surface area contributed by atoms with Crippen molar-refractivity contribution in [3.8, 4) is 41.6 Å². The van der Waals surface area contributed by atoms with E-state index < -0.39 is 0 Å². The van der Waals surface area contributed by atoms with Gasteiger partial charge in [-0.3, -0.25) is 4.79 Å². The molecule has 0 N–H and O–H groups in total. The summed E-state index contributed by atoms with van der Waals surface area (Å²) in [5, 5.41) is 9.65. The van der Waals surface area contributed by atoms with Gasteiger partial charge in [-0.2, -0.15) is 5.26 Å². The van der Waals surface area contributed by atoms with Gasteiger partial charge in [0.25, 0.3) is 0 Å². The minimum atomic E-state index is 0.0474. The maximum absolute atomic E-state index is 11.2. The van der Waals surface area contributed by atoms with Crippen LogP contribution in [0, 0.1) is 46.9 Å². The molecular formula is C33H19NOS. The van der Waals surface area contributed by atoms with Crippen LogP contribution in [0.25, 0.3) is 0 Å². The molecule has 2 nitrogen and oxygen atoms in total. The van der Waals surface area contributed by atoms with E-state index in [-0.39, 0.29) is 5.12 Å². The Balaban J connectivity index is 1.46. The molecule has 0 fully saturated rings. The fourth-order valence-electron chi connectivity index (χ4n) is 3.18. The Morgan fingerprint density at radius 2 is 1.06 bits per heavy atom. The van der Waals surface area contributed by atoms with Gasteiger partial charge < -0.3 is 0 Å². The minimum Gasteiger partial charge on any atom is -0.287 e. The van der Waals surface area contributed by atoms with Crippen LogP contribution in [0.3, 0.4) is 0 Å². The van der Waals surface area contributed by atoms with E-state index in [9.17, 15) is 10.1 Å². The second kappa shape index (κ2) is 12.0. The molecule has 36 heavy (non-hydrogen) atoms. The van der Waals surface area contributed by atoms with Crippen LogP contribution in [0.1, 0.15) is 45.9 Å². The fraction of sp³-hybridized carbons (Fsp3) is 0.0303. The summed E-state index contributed by atoms with van der Waals surface area (Å²) in [5.41, 5.74) is 5.44. The summed E-state index contributed by atoms with van der Waals surface area (Å²) in [6, 6.07) is 32.7. The van der Waals surface area contributed by atoms with E-state index in [1.807, 2.05) is 91.0 Å². The second-order valence-corrected chi connectivity index (χ2v) is 8.93. The van der Waals surface area contributed by atoms with Crippen molar-refractivity contribution in [1.29, 1.82) is 5.26 Å². The summed E-state index contributed by atoms with van der Waals surface area (Å²) in [7, 11) is 0. The van der Waals surface area contributed by atoms with Crippen molar-refractivity contribution in [2.45, 2.75) is 11.8 Å². The average molecular weight is 478 g/mol. The largest absolute Gasteiger partial charge is 0.287 e. The van der Waals surface area contributed by atoms with E-state index in [4.69, 9.17) is 0 Å². The molecular weight excluding hydrogens is 458 g/mol. The maximum atomic E-state index is 11.2. The van der Waals surface area contributed by atoms with Crippen molar-refractivity contribution in [1.82, 2.24) is 0 Å². The first-order valence-corrected chi connectivity index (χ1v) is 11.9.